The van der Waals surface area contributed by atoms with E-state index < -0.39 is 5.97 Å². The summed E-state index contributed by atoms with van der Waals surface area (Å²) < 4.78 is 1.72. The Balaban J connectivity index is 1.79. The normalized spacial score (nSPS) is 10.2. The van der Waals surface area contributed by atoms with Crippen molar-refractivity contribution in [2.24, 2.45) is 0 Å². The SMILES string of the molecule is O=C(O)c1ccnc(NCCCn2ccnn2)n1. The number of aromatic nitrogens is 5. The smallest absolute Gasteiger partial charge is 0.354 e. The molecule has 0 fully saturated rings. The third-order valence-electron chi connectivity index (χ3n) is 2.19. The van der Waals surface area contributed by atoms with Crippen molar-refractivity contribution in [3.05, 3.63) is 30.4 Å². The van der Waals surface area contributed by atoms with Gasteiger partial charge in [0.05, 0.1) is 6.20 Å². The molecule has 0 aromatic carbocycles. The van der Waals surface area contributed by atoms with Crippen LogP contribution in [0.15, 0.2) is 24.7 Å². The van der Waals surface area contributed by atoms with Crippen molar-refractivity contribution >= 4 is 11.9 Å². The number of aryl methyl sites for hydroxylation is 1. The van der Waals surface area contributed by atoms with Gasteiger partial charge in [-0.2, -0.15) is 0 Å². The first-order chi connectivity index (χ1) is 8.75. The van der Waals surface area contributed by atoms with E-state index in [9.17, 15) is 4.79 Å². The molecular formula is C10H12N6O2. The second-order valence-electron chi connectivity index (χ2n) is 3.52. The summed E-state index contributed by atoms with van der Waals surface area (Å²) in [4.78, 5) is 18.5. The second-order valence-corrected chi connectivity index (χ2v) is 3.52. The molecular weight excluding hydrogens is 236 g/mol. The minimum atomic E-state index is -1.07. The molecule has 0 atom stereocenters. The molecule has 2 aromatic rings. The van der Waals surface area contributed by atoms with Crippen LogP contribution in [-0.2, 0) is 6.54 Å². The Morgan fingerprint density at radius 3 is 3.06 bits per heavy atom. The van der Waals surface area contributed by atoms with E-state index in [-0.39, 0.29) is 5.69 Å². The Morgan fingerprint density at radius 1 is 1.44 bits per heavy atom. The first-order valence-electron chi connectivity index (χ1n) is 5.40. The Labute approximate surface area is 103 Å². The highest BCUT2D eigenvalue weighted by molar-refractivity contribution is 5.85. The molecule has 94 valence electrons. The van der Waals surface area contributed by atoms with Crippen molar-refractivity contribution in [3.8, 4) is 0 Å². The number of nitrogens with one attached hydrogen (secondary N) is 1. The fourth-order valence-electron chi connectivity index (χ4n) is 1.36. The molecule has 2 N–H and O–H groups in total. The first-order valence-corrected chi connectivity index (χ1v) is 5.40. The lowest BCUT2D eigenvalue weighted by atomic mass is 10.4. The van der Waals surface area contributed by atoms with Gasteiger partial charge in [0.15, 0.2) is 5.69 Å². The summed E-state index contributed by atoms with van der Waals surface area (Å²) in [5.41, 5.74) is -0.0243. The predicted octanol–water partition coefficient (Wildman–Crippen LogP) is 0.268. The minimum absolute atomic E-state index is 0.0243. The van der Waals surface area contributed by atoms with Gasteiger partial charge in [-0.25, -0.2) is 14.8 Å². The van der Waals surface area contributed by atoms with E-state index in [0.29, 0.717) is 12.5 Å². The Morgan fingerprint density at radius 2 is 2.33 bits per heavy atom. The van der Waals surface area contributed by atoms with E-state index in [1.807, 2.05) is 0 Å². The van der Waals surface area contributed by atoms with E-state index in [1.165, 1.54) is 12.3 Å². The third-order valence-corrected chi connectivity index (χ3v) is 2.19. The molecule has 0 aliphatic rings. The van der Waals surface area contributed by atoms with Crippen molar-refractivity contribution in [2.75, 3.05) is 11.9 Å². The molecule has 2 heterocycles. The average Bonchev–Trinajstić information content (AvgIpc) is 2.88. The molecule has 0 aliphatic heterocycles. The third kappa shape index (κ3) is 3.24. The lowest BCUT2D eigenvalue weighted by molar-refractivity contribution is 0.0690. The molecule has 8 nitrogen and oxygen atoms in total. The number of anilines is 1. The van der Waals surface area contributed by atoms with Gasteiger partial charge in [-0.15, -0.1) is 5.10 Å². The monoisotopic (exact) mass is 248 g/mol. The van der Waals surface area contributed by atoms with Crippen LogP contribution in [0.5, 0.6) is 0 Å². The molecule has 18 heavy (non-hydrogen) atoms. The number of hydrogen-bond acceptors (Lipinski definition) is 6. The summed E-state index contributed by atoms with van der Waals surface area (Å²) >= 11 is 0. The summed E-state index contributed by atoms with van der Waals surface area (Å²) in [6, 6.07) is 1.35. The van der Waals surface area contributed by atoms with E-state index in [2.05, 4.69) is 25.6 Å². The van der Waals surface area contributed by atoms with Crippen molar-refractivity contribution in [1.29, 1.82) is 0 Å². The zero-order valence-electron chi connectivity index (χ0n) is 9.52. The topological polar surface area (TPSA) is 106 Å². The van der Waals surface area contributed by atoms with Crippen LogP contribution in [0.2, 0.25) is 0 Å². The van der Waals surface area contributed by atoms with Gasteiger partial charge in [0, 0.05) is 25.5 Å². The molecule has 2 aromatic heterocycles. The van der Waals surface area contributed by atoms with Crippen molar-refractivity contribution < 1.29 is 9.90 Å². The van der Waals surface area contributed by atoms with E-state index in [4.69, 9.17) is 5.11 Å². The van der Waals surface area contributed by atoms with Gasteiger partial charge in [-0.3, -0.25) is 4.68 Å². The summed E-state index contributed by atoms with van der Waals surface area (Å²) in [6.45, 7) is 1.36. The Hall–Kier alpha value is -2.51. The Kier molecular flexibility index (Phi) is 3.79. The molecule has 0 spiro atoms. The molecule has 2 rings (SSSR count). The largest absolute Gasteiger partial charge is 0.477 e. The van der Waals surface area contributed by atoms with Crippen LogP contribution in [0, 0.1) is 0 Å². The van der Waals surface area contributed by atoms with Crippen molar-refractivity contribution in [1.82, 2.24) is 25.0 Å². The van der Waals surface area contributed by atoms with Gasteiger partial charge in [0.1, 0.15) is 0 Å². The summed E-state index contributed by atoms with van der Waals surface area (Å²) in [5, 5.41) is 19.2. The number of carbonyl (C=O) groups is 1. The predicted molar refractivity (Wildman–Crippen MR) is 62.1 cm³/mol. The zero-order chi connectivity index (χ0) is 12.8. The zero-order valence-corrected chi connectivity index (χ0v) is 9.52. The fraction of sp³-hybridized carbons (Fsp3) is 0.300. The molecule has 8 heteroatoms. The van der Waals surface area contributed by atoms with E-state index >= 15 is 0 Å². The van der Waals surface area contributed by atoms with Gasteiger partial charge in [-0.05, 0) is 12.5 Å². The van der Waals surface area contributed by atoms with Crippen molar-refractivity contribution in [2.45, 2.75) is 13.0 Å². The molecule has 0 saturated heterocycles. The van der Waals surface area contributed by atoms with Crippen molar-refractivity contribution in [3.63, 3.8) is 0 Å². The quantitative estimate of drug-likeness (QED) is 0.706. The lowest BCUT2D eigenvalue weighted by Crippen LogP contribution is -2.11. The first kappa shape index (κ1) is 12.0. The fourth-order valence-corrected chi connectivity index (χ4v) is 1.36. The molecule has 0 unspecified atom stereocenters. The number of carboxylic acid groups (broad SMARTS) is 1. The van der Waals surface area contributed by atoms with Crippen LogP contribution < -0.4 is 5.32 Å². The standard InChI is InChI=1S/C10H12N6O2/c17-9(18)8-2-4-12-10(14-8)11-3-1-6-16-7-5-13-15-16/h2,4-5,7H,1,3,6H2,(H,17,18)(H,11,12,14). The maximum atomic E-state index is 10.7. The maximum Gasteiger partial charge on any atom is 0.354 e. The van der Waals surface area contributed by atoms with Gasteiger partial charge in [0.25, 0.3) is 0 Å². The van der Waals surface area contributed by atoms with E-state index in [1.54, 1.807) is 17.1 Å². The molecule has 0 amide bonds. The van der Waals surface area contributed by atoms with Crippen LogP contribution in [-0.4, -0.2) is 42.6 Å². The van der Waals surface area contributed by atoms with Gasteiger partial charge in [-0.1, -0.05) is 5.21 Å². The number of carboxylic acids is 1. The summed E-state index contributed by atoms with van der Waals surface area (Å²) in [5.74, 6) is -0.753. The highest BCUT2D eigenvalue weighted by atomic mass is 16.4. The number of hydrogen-bond donors (Lipinski definition) is 2. The summed E-state index contributed by atoms with van der Waals surface area (Å²) in [7, 11) is 0. The molecule has 0 bridgehead atoms. The maximum absolute atomic E-state index is 10.7. The van der Waals surface area contributed by atoms with Gasteiger partial charge >= 0.3 is 5.97 Å². The Bertz CT molecular complexity index is 513. The van der Waals surface area contributed by atoms with E-state index in [0.717, 1.165) is 13.0 Å². The highest BCUT2D eigenvalue weighted by Gasteiger charge is 2.05. The van der Waals surface area contributed by atoms with Crippen LogP contribution in [0.1, 0.15) is 16.9 Å². The lowest BCUT2D eigenvalue weighted by Gasteiger charge is -2.04. The minimum Gasteiger partial charge on any atom is -0.477 e. The number of rotatable bonds is 6. The molecule has 0 aliphatic carbocycles. The summed E-state index contributed by atoms with van der Waals surface area (Å²) in [6.07, 6.45) is 5.62. The van der Waals surface area contributed by atoms with Crippen LogP contribution >= 0.6 is 0 Å². The molecule has 0 saturated carbocycles. The van der Waals surface area contributed by atoms with Gasteiger partial charge in [0.2, 0.25) is 5.95 Å². The van der Waals surface area contributed by atoms with Crippen LogP contribution in [0.3, 0.4) is 0 Å². The van der Waals surface area contributed by atoms with Crippen LogP contribution in [0.4, 0.5) is 5.95 Å². The molecule has 0 radical (unpaired) electrons. The number of aromatic carboxylic acids is 1. The number of nitrogens with zero attached hydrogens (tertiary/aromatic N) is 5. The highest BCUT2D eigenvalue weighted by Crippen LogP contribution is 2.00. The van der Waals surface area contributed by atoms with Crippen LogP contribution in [0.25, 0.3) is 0 Å². The average molecular weight is 248 g/mol. The second kappa shape index (κ2) is 5.71. The van der Waals surface area contributed by atoms with Gasteiger partial charge < -0.3 is 10.4 Å².